The molecule has 0 saturated carbocycles. The molecule has 0 radical (unpaired) electrons. The van der Waals surface area contributed by atoms with Gasteiger partial charge >= 0.3 is 0 Å². The molecule has 0 aliphatic carbocycles. The molecule has 0 aromatic rings. The summed E-state index contributed by atoms with van der Waals surface area (Å²) in [6.07, 6.45) is 30.6. The molecule has 5 nitrogen and oxygen atoms in total. The van der Waals surface area contributed by atoms with Crippen molar-refractivity contribution in [1.29, 1.82) is 0 Å². The quantitative estimate of drug-likeness (QED) is 0.0407. The first-order chi connectivity index (χ1) is 18.3. The molecule has 0 fully saturated rings. The SMILES string of the molecule is CCCCCCCCCCOC(CC=CCC=O)OC(CC=CCC=O)OCCCCCCCCCC. The number of aldehydes is 2. The number of carbonyl (C=O) groups is 2. The molecular formula is C32H58O5. The minimum absolute atomic E-state index is 0.400. The number of rotatable bonds is 30. The van der Waals surface area contributed by atoms with Gasteiger partial charge in [-0.25, -0.2) is 0 Å². The molecule has 0 heterocycles. The van der Waals surface area contributed by atoms with Crippen molar-refractivity contribution in [3.8, 4) is 0 Å². The lowest BCUT2D eigenvalue weighted by atomic mass is 10.1. The highest BCUT2D eigenvalue weighted by Crippen LogP contribution is 2.15. The molecule has 0 rings (SSSR count). The fraction of sp³-hybridized carbons (Fsp3) is 0.812. The van der Waals surface area contributed by atoms with Gasteiger partial charge in [0.1, 0.15) is 12.6 Å². The summed E-state index contributed by atoms with van der Waals surface area (Å²) in [5.41, 5.74) is 0. The molecule has 0 aromatic heterocycles. The maximum absolute atomic E-state index is 10.6. The van der Waals surface area contributed by atoms with E-state index in [1.165, 1.54) is 89.9 Å². The van der Waals surface area contributed by atoms with E-state index in [0.29, 0.717) is 38.9 Å². The second kappa shape index (κ2) is 30.9. The molecule has 0 spiro atoms. The molecule has 0 N–H and O–H groups in total. The summed E-state index contributed by atoms with van der Waals surface area (Å²) in [4.78, 5) is 21.3. The smallest absolute Gasteiger partial charge is 0.164 e. The van der Waals surface area contributed by atoms with Gasteiger partial charge in [-0.2, -0.15) is 0 Å². The standard InChI is InChI=1S/C32H58O5/c1-3-5-7-9-11-13-15-23-29-35-31(25-19-17-21-27-33)37-32(26-20-18-22-28-34)36-30-24-16-14-12-10-8-6-4-2/h17-20,27-28,31-32H,3-16,21-26,29-30H2,1-2H3. The van der Waals surface area contributed by atoms with Gasteiger partial charge in [0, 0.05) is 38.9 Å². The number of hydrogen-bond donors (Lipinski definition) is 0. The summed E-state index contributed by atoms with van der Waals surface area (Å²) in [5.74, 6) is 0. The third-order valence-electron chi connectivity index (χ3n) is 6.36. The Labute approximate surface area is 228 Å². The molecule has 216 valence electrons. The van der Waals surface area contributed by atoms with Crippen LogP contribution in [0.15, 0.2) is 24.3 Å². The highest BCUT2D eigenvalue weighted by atomic mass is 16.8. The van der Waals surface area contributed by atoms with E-state index in [1.807, 2.05) is 24.3 Å². The molecule has 0 aromatic carbocycles. The highest BCUT2D eigenvalue weighted by molar-refractivity contribution is 5.52. The van der Waals surface area contributed by atoms with Gasteiger partial charge in [-0.15, -0.1) is 0 Å². The molecule has 0 aliphatic rings. The largest absolute Gasteiger partial charge is 0.352 e. The van der Waals surface area contributed by atoms with Gasteiger partial charge in [0.05, 0.1) is 0 Å². The van der Waals surface area contributed by atoms with Crippen molar-refractivity contribution in [3.05, 3.63) is 24.3 Å². The maximum atomic E-state index is 10.6. The summed E-state index contributed by atoms with van der Waals surface area (Å²) in [7, 11) is 0. The van der Waals surface area contributed by atoms with Gasteiger partial charge in [-0.1, -0.05) is 128 Å². The highest BCUT2D eigenvalue weighted by Gasteiger charge is 2.16. The summed E-state index contributed by atoms with van der Waals surface area (Å²) in [6.45, 7) is 5.81. The minimum atomic E-state index is -0.407. The third kappa shape index (κ3) is 27.5. The first kappa shape index (κ1) is 35.7. The van der Waals surface area contributed by atoms with Crippen molar-refractivity contribution in [2.45, 2.75) is 155 Å². The zero-order chi connectivity index (χ0) is 27.1. The molecule has 0 aliphatic heterocycles. The van der Waals surface area contributed by atoms with Crippen molar-refractivity contribution in [1.82, 2.24) is 0 Å². The first-order valence-corrected chi connectivity index (χ1v) is 15.3. The lowest BCUT2D eigenvalue weighted by Crippen LogP contribution is -2.27. The molecule has 2 unspecified atom stereocenters. The van der Waals surface area contributed by atoms with E-state index in [-0.39, 0.29) is 0 Å². The van der Waals surface area contributed by atoms with Crippen LogP contribution in [0.3, 0.4) is 0 Å². The molecular weight excluding hydrogens is 464 g/mol. The maximum Gasteiger partial charge on any atom is 0.164 e. The van der Waals surface area contributed by atoms with Crippen LogP contribution in [0.1, 0.15) is 142 Å². The fourth-order valence-corrected chi connectivity index (χ4v) is 4.11. The van der Waals surface area contributed by atoms with E-state index >= 15 is 0 Å². The Morgan fingerprint density at radius 3 is 1.19 bits per heavy atom. The van der Waals surface area contributed by atoms with Crippen LogP contribution in [0.2, 0.25) is 0 Å². The van der Waals surface area contributed by atoms with Crippen molar-refractivity contribution in [3.63, 3.8) is 0 Å². The van der Waals surface area contributed by atoms with E-state index in [4.69, 9.17) is 14.2 Å². The van der Waals surface area contributed by atoms with E-state index in [0.717, 1.165) is 25.4 Å². The van der Waals surface area contributed by atoms with E-state index in [2.05, 4.69) is 13.8 Å². The topological polar surface area (TPSA) is 61.8 Å². The van der Waals surface area contributed by atoms with Gasteiger partial charge in [-0.3, -0.25) is 0 Å². The van der Waals surface area contributed by atoms with Crippen LogP contribution >= 0.6 is 0 Å². The van der Waals surface area contributed by atoms with Gasteiger partial charge in [0.2, 0.25) is 0 Å². The van der Waals surface area contributed by atoms with Crippen molar-refractivity contribution in [2.24, 2.45) is 0 Å². The van der Waals surface area contributed by atoms with Crippen molar-refractivity contribution in [2.75, 3.05) is 13.2 Å². The second-order valence-electron chi connectivity index (χ2n) is 9.91. The summed E-state index contributed by atoms with van der Waals surface area (Å²) >= 11 is 0. The molecule has 0 bridgehead atoms. The van der Waals surface area contributed by atoms with E-state index in [9.17, 15) is 9.59 Å². The Morgan fingerprint density at radius 1 is 0.486 bits per heavy atom. The Hall–Kier alpha value is -1.30. The first-order valence-electron chi connectivity index (χ1n) is 15.3. The average molecular weight is 523 g/mol. The third-order valence-corrected chi connectivity index (χ3v) is 6.36. The summed E-state index contributed by atoms with van der Waals surface area (Å²) < 4.78 is 18.4. The predicted molar refractivity (Wildman–Crippen MR) is 155 cm³/mol. The van der Waals surface area contributed by atoms with Crippen LogP contribution in [0.25, 0.3) is 0 Å². The van der Waals surface area contributed by atoms with Crippen LogP contribution in [-0.4, -0.2) is 38.4 Å². The average Bonchev–Trinajstić information content (AvgIpc) is 2.91. The monoisotopic (exact) mass is 522 g/mol. The van der Waals surface area contributed by atoms with Crippen LogP contribution < -0.4 is 0 Å². The zero-order valence-electron chi connectivity index (χ0n) is 24.2. The number of unbranched alkanes of at least 4 members (excludes halogenated alkanes) is 14. The molecule has 5 heteroatoms. The molecule has 0 amide bonds. The Kier molecular flexibility index (Phi) is 29.8. The van der Waals surface area contributed by atoms with Crippen LogP contribution in [0, 0.1) is 0 Å². The Morgan fingerprint density at radius 2 is 0.838 bits per heavy atom. The Balaban J connectivity index is 4.53. The molecule has 37 heavy (non-hydrogen) atoms. The van der Waals surface area contributed by atoms with Gasteiger partial charge in [0.15, 0.2) is 12.6 Å². The van der Waals surface area contributed by atoms with Gasteiger partial charge in [0.25, 0.3) is 0 Å². The van der Waals surface area contributed by atoms with Crippen LogP contribution in [0.4, 0.5) is 0 Å². The Bertz CT molecular complexity index is 485. The fourth-order valence-electron chi connectivity index (χ4n) is 4.11. The van der Waals surface area contributed by atoms with Gasteiger partial charge < -0.3 is 23.8 Å². The number of ether oxygens (including phenoxy) is 3. The predicted octanol–water partition coefficient (Wildman–Crippen LogP) is 9.04. The molecule has 2 atom stereocenters. The molecule has 0 saturated heterocycles. The zero-order valence-corrected chi connectivity index (χ0v) is 24.2. The van der Waals surface area contributed by atoms with E-state index < -0.39 is 12.6 Å². The number of carbonyl (C=O) groups excluding carboxylic acids is 2. The lowest BCUT2D eigenvalue weighted by Gasteiger charge is -2.24. The van der Waals surface area contributed by atoms with Crippen LogP contribution in [0.5, 0.6) is 0 Å². The van der Waals surface area contributed by atoms with Crippen molar-refractivity contribution < 1.29 is 23.8 Å². The van der Waals surface area contributed by atoms with Gasteiger partial charge in [-0.05, 0) is 12.8 Å². The van der Waals surface area contributed by atoms with Crippen molar-refractivity contribution >= 4 is 12.6 Å². The summed E-state index contributed by atoms with van der Waals surface area (Å²) in [6, 6.07) is 0. The summed E-state index contributed by atoms with van der Waals surface area (Å²) in [5, 5.41) is 0. The lowest BCUT2D eigenvalue weighted by molar-refractivity contribution is -0.243. The van der Waals surface area contributed by atoms with E-state index in [1.54, 1.807) is 0 Å². The minimum Gasteiger partial charge on any atom is -0.352 e. The second-order valence-corrected chi connectivity index (χ2v) is 9.91. The number of allylic oxidation sites excluding steroid dienone is 2. The van der Waals surface area contributed by atoms with Crippen LogP contribution in [-0.2, 0) is 23.8 Å². The normalized spacial score (nSPS) is 13.5. The number of hydrogen-bond acceptors (Lipinski definition) is 5.